The maximum Gasteiger partial charge on any atom is 0.282 e. The molecule has 3 aliphatic rings. The number of thiophene rings is 1. The Morgan fingerprint density at radius 1 is 1.00 bits per heavy atom. The molecule has 0 aliphatic carbocycles. The van der Waals surface area contributed by atoms with Crippen LogP contribution in [0.3, 0.4) is 0 Å². The zero-order valence-electron chi connectivity index (χ0n) is 18.9. The summed E-state index contributed by atoms with van der Waals surface area (Å²) < 4.78 is 13.0. The molecule has 1 N–H and O–H groups in total. The van der Waals surface area contributed by atoms with Gasteiger partial charge in [0, 0.05) is 24.1 Å². The molecule has 2 aromatic carbocycles. The third-order valence-electron chi connectivity index (χ3n) is 7.47. The van der Waals surface area contributed by atoms with Crippen LogP contribution in [0, 0.1) is 5.92 Å². The number of aromatic nitrogens is 2. The van der Waals surface area contributed by atoms with Gasteiger partial charge in [-0.2, -0.15) is 4.98 Å². The van der Waals surface area contributed by atoms with E-state index in [2.05, 4.69) is 15.9 Å². The van der Waals surface area contributed by atoms with Crippen LogP contribution < -0.4 is 4.74 Å². The molecule has 3 fully saturated rings. The summed E-state index contributed by atoms with van der Waals surface area (Å²) in [5.74, 6) is 2.42. The lowest BCUT2D eigenvalue weighted by atomic mass is 9.83. The summed E-state index contributed by atoms with van der Waals surface area (Å²) in [6, 6.07) is 21.1. The highest BCUT2D eigenvalue weighted by molar-refractivity contribution is 7.08. The number of fused-ring (bicyclic) bond motifs is 3. The summed E-state index contributed by atoms with van der Waals surface area (Å²) >= 11 is 1.66. The Kier molecular flexibility index (Phi) is 5.48. The fourth-order valence-corrected chi connectivity index (χ4v) is 6.17. The standard InChI is InChI=1S/C27H28N3O3S/c31-27(21-7-3-1-4-8-21,22-9-5-2-6-10-22)26-28-25(33-29-26)18-30-14-11-20(12-15-30)24(17-30)32-23-13-16-34-19-23/h1-10,13,16,19-20,24,31H,11-12,14-15,17-18H2/q+1/t20?,24-,30?/m0/s1. The Bertz CT molecular complexity index is 1180. The van der Waals surface area contributed by atoms with Gasteiger partial charge in [-0.25, -0.2) is 0 Å². The predicted octanol–water partition coefficient (Wildman–Crippen LogP) is 4.60. The van der Waals surface area contributed by atoms with Crippen LogP contribution in [0.25, 0.3) is 0 Å². The first-order valence-electron chi connectivity index (χ1n) is 11.9. The highest BCUT2D eigenvalue weighted by atomic mass is 32.1. The van der Waals surface area contributed by atoms with Gasteiger partial charge in [-0.05, 0) is 22.6 Å². The Labute approximate surface area is 203 Å². The first-order chi connectivity index (χ1) is 16.6. The zero-order chi connectivity index (χ0) is 23.0. The van der Waals surface area contributed by atoms with Crippen LogP contribution in [0.4, 0.5) is 0 Å². The minimum Gasteiger partial charge on any atom is -0.483 e. The molecule has 0 amide bonds. The third-order valence-corrected chi connectivity index (χ3v) is 8.13. The predicted molar refractivity (Wildman–Crippen MR) is 129 cm³/mol. The molecule has 2 aromatic heterocycles. The highest BCUT2D eigenvalue weighted by Crippen LogP contribution is 2.39. The van der Waals surface area contributed by atoms with Gasteiger partial charge in [0.1, 0.15) is 12.3 Å². The van der Waals surface area contributed by atoms with Crippen molar-refractivity contribution in [2.45, 2.75) is 31.1 Å². The fourth-order valence-electron chi connectivity index (χ4n) is 5.61. The van der Waals surface area contributed by atoms with Crippen molar-refractivity contribution in [2.75, 3.05) is 19.6 Å². The normalized spacial score (nSPS) is 24.3. The number of ether oxygens (including phenoxy) is 1. The van der Waals surface area contributed by atoms with Crippen molar-refractivity contribution in [3.05, 3.63) is 100 Å². The van der Waals surface area contributed by atoms with E-state index in [1.165, 1.54) is 0 Å². The van der Waals surface area contributed by atoms with Crippen molar-refractivity contribution < 1.29 is 18.8 Å². The van der Waals surface area contributed by atoms with E-state index >= 15 is 0 Å². The van der Waals surface area contributed by atoms with Gasteiger partial charge < -0.3 is 18.8 Å². The zero-order valence-corrected chi connectivity index (χ0v) is 19.7. The quantitative estimate of drug-likeness (QED) is 0.397. The van der Waals surface area contributed by atoms with Gasteiger partial charge in [0.25, 0.3) is 5.89 Å². The maximum atomic E-state index is 12.0. The minimum absolute atomic E-state index is 0.213. The third kappa shape index (κ3) is 3.83. The lowest BCUT2D eigenvalue weighted by Gasteiger charge is -2.51. The summed E-state index contributed by atoms with van der Waals surface area (Å²) in [5, 5.41) is 20.4. The number of quaternary nitrogens is 1. The van der Waals surface area contributed by atoms with Crippen LogP contribution in [0.2, 0.25) is 0 Å². The summed E-state index contributed by atoms with van der Waals surface area (Å²) in [6.45, 7) is 3.78. The van der Waals surface area contributed by atoms with Crippen molar-refractivity contribution in [1.29, 1.82) is 0 Å². The minimum atomic E-state index is -1.48. The number of piperidine rings is 3. The first-order valence-corrected chi connectivity index (χ1v) is 12.8. The molecule has 5 heterocycles. The molecule has 4 aromatic rings. The van der Waals surface area contributed by atoms with Crippen LogP contribution in [-0.2, 0) is 12.1 Å². The van der Waals surface area contributed by atoms with Crippen molar-refractivity contribution in [3.8, 4) is 5.75 Å². The van der Waals surface area contributed by atoms with Crippen molar-refractivity contribution in [2.24, 2.45) is 5.92 Å². The molecule has 3 saturated heterocycles. The van der Waals surface area contributed by atoms with Crippen molar-refractivity contribution in [1.82, 2.24) is 10.1 Å². The van der Waals surface area contributed by atoms with Crippen molar-refractivity contribution >= 4 is 11.3 Å². The Morgan fingerprint density at radius 2 is 1.68 bits per heavy atom. The topological polar surface area (TPSA) is 68.4 Å². The average molecular weight is 475 g/mol. The van der Waals surface area contributed by atoms with Gasteiger partial charge in [0.15, 0.2) is 18.2 Å². The molecule has 0 saturated carbocycles. The summed E-state index contributed by atoms with van der Waals surface area (Å²) in [4.78, 5) is 4.76. The lowest BCUT2D eigenvalue weighted by Crippen LogP contribution is -2.64. The Balaban J connectivity index is 1.28. The number of rotatable bonds is 7. The summed E-state index contributed by atoms with van der Waals surface area (Å²) in [7, 11) is 0. The van der Waals surface area contributed by atoms with E-state index < -0.39 is 5.60 Å². The second-order valence-electron chi connectivity index (χ2n) is 9.54. The fraction of sp³-hybridized carbons (Fsp3) is 0.333. The van der Waals surface area contributed by atoms with E-state index in [0.717, 1.165) is 42.7 Å². The second-order valence-corrected chi connectivity index (χ2v) is 10.3. The van der Waals surface area contributed by atoms with E-state index in [4.69, 9.17) is 14.2 Å². The molecule has 1 atom stereocenters. The van der Waals surface area contributed by atoms with Gasteiger partial charge >= 0.3 is 0 Å². The average Bonchev–Trinajstić information content (AvgIpc) is 3.58. The van der Waals surface area contributed by atoms with Crippen LogP contribution in [0.15, 0.2) is 82.0 Å². The van der Waals surface area contributed by atoms with Gasteiger partial charge in [-0.1, -0.05) is 65.8 Å². The van der Waals surface area contributed by atoms with E-state index in [-0.39, 0.29) is 11.9 Å². The Morgan fingerprint density at radius 3 is 2.29 bits per heavy atom. The van der Waals surface area contributed by atoms with Crippen LogP contribution >= 0.6 is 11.3 Å². The summed E-state index contributed by atoms with van der Waals surface area (Å²) in [6.07, 6.45) is 2.51. The molecular weight excluding hydrogens is 446 g/mol. The molecule has 2 bridgehead atoms. The number of hydrogen-bond acceptors (Lipinski definition) is 6. The first kappa shape index (κ1) is 21.5. The molecule has 174 valence electrons. The molecule has 6 nitrogen and oxygen atoms in total. The maximum absolute atomic E-state index is 12.0. The SMILES string of the molecule is OC(c1ccccc1)(c1ccccc1)c1noc(C[N+]23CCC(CC2)[C@@H](Oc2ccsc2)C3)n1. The second kappa shape index (κ2) is 8.65. The van der Waals surface area contributed by atoms with Crippen molar-refractivity contribution in [3.63, 3.8) is 0 Å². The molecule has 3 aliphatic heterocycles. The number of hydrogen-bond donors (Lipinski definition) is 1. The van der Waals surface area contributed by atoms with Gasteiger partial charge in [0.2, 0.25) is 5.82 Å². The molecular formula is C27H28N3O3S+. The van der Waals surface area contributed by atoms with E-state index in [1.807, 2.05) is 66.7 Å². The van der Waals surface area contributed by atoms with Crippen LogP contribution in [0.1, 0.15) is 35.7 Å². The van der Waals surface area contributed by atoms with Crippen LogP contribution in [-0.4, -0.2) is 45.5 Å². The molecule has 0 unspecified atom stereocenters. The monoisotopic (exact) mass is 474 g/mol. The van der Waals surface area contributed by atoms with Gasteiger partial charge in [-0.15, -0.1) is 11.3 Å². The molecule has 7 heteroatoms. The van der Waals surface area contributed by atoms with E-state index in [9.17, 15) is 5.11 Å². The highest BCUT2D eigenvalue weighted by Gasteiger charge is 2.48. The Hall–Kier alpha value is -3.00. The molecule has 0 radical (unpaired) electrons. The smallest absolute Gasteiger partial charge is 0.282 e. The molecule has 7 rings (SSSR count). The van der Waals surface area contributed by atoms with Gasteiger partial charge in [0.05, 0.1) is 13.1 Å². The van der Waals surface area contributed by atoms with Gasteiger partial charge in [-0.3, -0.25) is 0 Å². The van der Waals surface area contributed by atoms with E-state index in [0.29, 0.717) is 29.5 Å². The van der Waals surface area contributed by atoms with E-state index in [1.54, 1.807) is 11.3 Å². The number of benzene rings is 2. The number of nitrogens with zero attached hydrogens (tertiary/aromatic N) is 3. The van der Waals surface area contributed by atoms with Crippen LogP contribution in [0.5, 0.6) is 5.75 Å². The lowest BCUT2D eigenvalue weighted by molar-refractivity contribution is -0.959. The molecule has 34 heavy (non-hydrogen) atoms. The summed E-state index contributed by atoms with van der Waals surface area (Å²) in [5.41, 5.74) is -0.0590. The largest absolute Gasteiger partial charge is 0.483 e. The molecule has 0 spiro atoms. The number of aliphatic hydroxyl groups is 1.